The number of para-hydroxylation sites is 2. The maximum Gasteiger partial charge on any atom is 0.252 e. The predicted molar refractivity (Wildman–Crippen MR) is 556 cm³/mol. The standard InChI is InChI=1S/C64H55BN2Si.C56H39BN2Si/c1-63(2,3)46-32-36-48(37-33-46)66-58-42-53(68(50-22-10-7-11-23-50,51-24-12-8-13-25-51)52-26-14-9-15-27-52)43-59-60(58)65(56-40-30-44-20-16-18-28-54(44)61(56)66)57-41-31-45-21-17-19-29-55(45)62(57)67(59)49-38-34-47(35-39-49)64(4,5)6;1-6-22-42(23-7-1)58-52-38-47(60(44-26-10-3-11-27-44,45-28-12-4-13-29-45)46-30-14-5-15-31-46)39-53-54(52)57(50-36-34-40-20-16-18-32-48(40)55(50)58)51-37-35-41-21-17-19-33-49(41)56(51)59(53)43-24-8-2-9-25-43/h7-43H,1-6H3;1-39H. The van der Waals surface area contributed by atoms with Gasteiger partial charge in [-0.25, -0.2) is 0 Å². The fourth-order valence-corrected chi connectivity index (χ4v) is 31.6. The van der Waals surface area contributed by atoms with Gasteiger partial charge in [0.2, 0.25) is 0 Å². The van der Waals surface area contributed by atoms with Crippen molar-refractivity contribution in [2.75, 3.05) is 19.6 Å². The summed E-state index contributed by atoms with van der Waals surface area (Å²) in [4.78, 5) is 10.4. The number of benzene rings is 20. The highest BCUT2D eigenvalue weighted by atomic mass is 28.3. The first-order chi connectivity index (χ1) is 62.8. The van der Waals surface area contributed by atoms with Gasteiger partial charge in [-0.3, -0.25) is 0 Å². The Morgan fingerprint density at radius 1 is 0.188 bits per heavy atom. The molecule has 20 aromatic rings. The molecule has 0 fully saturated rings. The van der Waals surface area contributed by atoms with E-state index >= 15 is 0 Å². The molecule has 0 aliphatic carbocycles. The molecule has 4 aliphatic rings. The van der Waals surface area contributed by atoms with E-state index in [0.29, 0.717) is 0 Å². The molecule has 4 aliphatic heterocycles. The lowest BCUT2D eigenvalue weighted by atomic mass is 9.33. The summed E-state index contributed by atoms with van der Waals surface area (Å²) < 4.78 is 0. The van der Waals surface area contributed by atoms with Crippen LogP contribution in [0.25, 0.3) is 43.1 Å². The Bertz CT molecular complexity index is 7130. The number of rotatable bonds is 12. The second kappa shape index (κ2) is 31.1. The molecule has 0 atom stereocenters. The first-order valence-electron chi connectivity index (χ1n) is 45.1. The van der Waals surface area contributed by atoms with Gasteiger partial charge in [0.05, 0.1) is 0 Å². The normalized spacial score (nSPS) is 13.1. The van der Waals surface area contributed by atoms with Crippen LogP contribution in [0.2, 0.25) is 0 Å². The highest BCUT2D eigenvalue weighted by Crippen LogP contribution is 2.51. The van der Waals surface area contributed by atoms with E-state index in [1.807, 2.05) is 0 Å². The summed E-state index contributed by atoms with van der Waals surface area (Å²) in [5, 5.41) is 20.8. The second-order valence-corrected chi connectivity index (χ2v) is 44.5. The number of hydrogen-bond donors (Lipinski definition) is 0. The molecule has 4 nitrogen and oxygen atoms in total. The van der Waals surface area contributed by atoms with E-state index in [0.717, 1.165) is 22.7 Å². The summed E-state index contributed by atoms with van der Waals surface area (Å²) in [6.07, 6.45) is 0. The van der Waals surface area contributed by atoms with Gasteiger partial charge >= 0.3 is 0 Å². The van der Waals surface area contributed by atoms with Gasteiger partial charge < -0.3 is 19.6 Å². The number of anilines is 12. The number of nitrogens with zero attached hydrogens (tertiary/aromatic N) is 4. The van der Waals surface area contributed by atoms with E-state index in [9.17, 15) is 0 Å². The maximum absolute atomic E-state index is 3.08. The minimum absolute atomic E-state index is 0.00979. The van der Waals surface area contributed by atoms with Crippen LogP contribution in [0, 0.1) is 0 Å². The van der Waals surface area contributed by atoms with Crippen LogP contribution in [0.3, 0.4) is 0 Å². The Morgan fingerprint density at radius 3 is 0.602 bits per heavy atom. The quantitative estimate of drug-likeness (QED) is 0.0893. The van der Waals surface area contributed by atoms with Gasteiger partial charge in [-0.15, -0.1) is 0 Å². The molecule has 128 heavy (non-hydrogen) atoms. The molecule has 0 saturated heterocycles. The number of hydrogen-bond acceptors (Lipinski definition) is 4. The molecule has 0 spiro atoms. The van der Waals surface area contributed by atoms with Crippen LogP contribution in [-0.4, -0.2) is 29.6 Å². The second-order valence-electron chi connectivity index (χ2n) is 36.9. The summed E-state index contributed by atoms with van der Waals surface area (Å²) in [5.74, 6) is 0. The third-order valence-corrected chi connectivity index (χ3v) is 37.3. The van der Waals surface area contributed by atoms with Gasteiger partial charge in [0.15, 0.2) is 16.1 Å². The summed E-state index contributed by atoms with van der Waals surface area (Å²) in [5.41, 5.74) is 25.1. The smallest absolute Gasteiger partial charge is 0.252 e. The van der Waals surface area contributed by atoms with E-state index in [4.69, 9.17) is 0 Å². The van der Waals surface area contributed by atoms with Crippen LogP contribution in [0.15, 0.2) is 461 Å². The topological polar surface area (TPSA) is 13.0 Å². The van der Waals surface area contributed by atoms with Gasteiger partial charge in [0, 0.05) is 89.8 Å². The molecule has 0 saturated carbocycles. The van der Waals surface area contributed by atoms with Crippen molar-refractivity contribution in [2.45, 2.75) is 52.4 Å². The molecule has 4 heterocycles. The summed E-state index contributed by atoms with van der Waals surface area (Å²) in [6, 6.07) is 175. The van der Waals surface area contributed by atoms with Crippen molar-refractivity contribution in [2.24, 2.45) is 0 Å². The van der Waals surface area contributed by atoms with E-state index in [1.54, 1.807) is 0 Å². The predicted octanol–water partition coefficient (Wildman–Crippen LogP) is 21.5. The minimum Gasteiger partial charge on any atom is -0.311 e. The molecule has 0 aromatic heterocycles. The van der Waals surface area contributed by atoms with E-state index < -0.39 is 16.1 Å². The Balaban J connectivity index is 0.000000148. The molecule has 0 unspecified atom stereocenters. The van der Waals surface area contributed by atoms with Crippen molar-refractivity contribution in [1.82, 2.24) is 0 Å². The Kier molecular flexibility index (Phi) is 18.9. The van der Waals surface area contributed by atoms with Gasteiger partial charge in [-0.2, -0.15) is 0 Å². The zero-order chi connectivity index (χ0) is 86.0. The minimum atomic E-state index is -3.08. The van der Waals surface area contributed by atoms with E-state index in [1.165, 1.54) is 174 Å². The number of fused-ring (bicyclic) bond motifs is 16. The SMILES string of the molecule is CC(C)(C)c1ccc(N2c3cc([Si](c4ccccc4)(c4ccccc4)c4ccccc4)cc4c3B(c3ccc5ccccc5c32)c2ccc3ccccc3c2N4c2ccc(C(C)(C)C)cc2)cc1.c1ccc(N2c3cc([Si](c4ccccc4)(c4ccccc4)c4ccccc4)cc4c3B(c3ccc5ccccc5c32)c2ccc3ccccc3c2N4c2ccccc2)cc1. The maximum atomic E-state index is 2.63. The van der Waals surface area contributed by atoms with Gasteiger partial charge in [0.1, 0.15) is 0 Å². The molecule has 0 bridgehead atoms. The van der Waals surface area contributed by atoms with Gasteiger partial charge in [-0.1, -0.05) is 430 Å². The fraction of sp³-hybridized carbons (Fsp3) is 0.0667. The Labute approximate surface area is 753 Å². The molecule has 24 rings (SSSR count). The lowest BCUT2D eigenvalue weighted by molar-refractivity contribution is 0.590. The molecule has 0 N–H and O–H groups in total. The Hall–Kier alpha value is -14.8. The molecular formula is C120H94B2N4Si2. The first kappa shape index (κ1) is 78.0. The van der Waals surface area contributed by atoms with Crippen LogP contribution in [0.1, 0.15) is 52.7 Å². The summed E-state index contributed by atoms with van der Waals surface area (Å²) >= 11 is 0. The van der Waals surface area contributed by atoms with Crippen molar-refractivity contribution in [3.05, 3.63) is 472 Å². The van der Waals surface area contributed by atoms with Crippen LogP contribution < -0.4 is 93.9 Å². The molecule has 0 amide bonds. The van der Waals surface area contributed by atoms with Gasteiger partial charge in [0.25, 0.3) is 13.4 Å². The fourth-order valence-electron chi connectivity index (χ4n) is 22.0. The lowest BCUT2D eigenvalue weighted by Crippen LogP contribution is -2.75. The largest absolute Gasteiger partial charge is 0.311 e. The third kappa shape index (κ3) is 12.5. The molecule has 0 radical (unpaired) electrons. The summed E-state index contributed by atoms with van der Waals surface area (Å²) in [6.45, 7) is 13.8. The zero-order valence-corrected chi connectivity index (χ0v) is 74.8. The van der Waals surface area contributed by atoms with Crippen molar-refractivity contribution in [3.8, 4) is 0 Å². The molecule has 608 valence electrons. The highest BCUT2D eigenvalue weighted by Gasteiger charge is 2.52. The third-order valence-electron chi connectivity index (χ3n) is 27.8. The van der Waals surface area contributed by atoms with Crippen molar-refractivity contribution in [1.29, 1.82) is 0 Å². The van der Waals surface area contributed by atoms with Gasteiger partial charge in [-0.05, 0) is 191 Å². The molecule has 20 aromatic carbocycles. The first-order valence-corrected chi connectivity index (χ1v) is 49.1. The van der Waals surface area contributed by atoms with Crippen LogP contribution in [0.4, 0.5) is 68.2 Å². The van der Waals surface area contributed by atoms with Crippen molar-refractivity contribution >= 4 is 215 Å². The average molecular weight is 1670 g/mol. The van der Waals surface area contributed by atoms with Crippen LogP contribution in [-0.2, 0) is 10.8 Å². The monoisotopic (exact) mass is 1670 g/mol. The van der Waals surface area contributed by atoms with Crippen LogP contribution in [0.5, 0.6) is 0 Å². The zero-order valence-electron chi connectivity index (χ0n) is 72.8. The van der Waals surface area contributed by atoms with Crippen molar-refractivity contribution in [3.63, 3.8) is 0 Å². The van der Waals surface area contributed by atoms with E-state index in [2.05, 4.69) is 522 Å². The molecular weight excluding hydrogens is 1580 g/mol. The van der Waals surface area contributed by atoms with Crippen molar-refractivity contribution < 1.29 is 0 Å². The Morgan fingerprint density at radius 2 is 0.383 bits per heavy atom. The molecule has 8 heteroatoms. The van der Waals surface area contributed by atoms with E-state index in [-0.39, 0.29) is 24.3 Å². The summed E-state index contributed by atoms with van der Waals surface area (Å²) in [7, 11) is -6.09. The average Bonchev–Trinajstić information content (AvgIpc) is 0.683. The highest BCUT2D eigenvalue weighted by molar-refractivity contribution is 7.21. The lowest BCUT2D eigenvalue weighted by Gasteiger charge is -2.46. The van der Waals surface area contributed by atoms with Crippen LogP contribution >= 0.6 is 0 Å².